The van der Waals surface area contributed by atoms with Crippen LogP contribution in [0.2, 0.25) is 0 Å². The van der Waals surface area contributed by atoms with Gasteiger partial charge in [0.15, 0.2) is 6.29 Å². The molecule has 0 aromatic carbocycles. The first kappa shape index (κ1) is 16.1. The fourth-order valence-electron chi connectivity index (χ4n) is 1.23. The number of thiophene rings is 1. The molecular formula is C10H16BrNO4S2. The van der Waals surface area contributed by atoms with Gasteiger partial charge in [0.1, 0.15) is 4.21 Å². The summed E-state index contributed by atoms with van der Waals surface area (Å²) in [7, 11) is -3.49. The van der Waals surface area contributed by atoms with Crippen LogP contribution in [0.4, 0.5) is 0 Å². The maximum Gasteiger partial charge on any atom is 0.250 e. The molecule has 0 aliphatic heterocycles. The van der Waals surface area contributed by atoms with E-state index in [0.29, 0.717) is 13.2 Å². The molecule has 0 fully saturated rings. The smallest absolute Gasteiger partial charge is 0.250 e. The van der Waals surface area contributed by atoms with E-state index in [4.69, 9.17) is 9.47 Å². The average molecular weight is 358 g/mol. The molecule has 0 saturated heterocycles. The molecule has 1 N–H and O–H groups in total. The van der Waals surface area contributed by atoms with Crippen molar-refractivity contribution in [1.82, 2.24) is 4.72 Å². The number of rotatable bonds is 8. The fourth-order valence-corrected chi connectivity index (χ4v) is 4.30. The zero-order valence-corrected chi connectivity index (χ0v) is 13.4. The summed E-state index contributed by atoms with van der Waals surface area (Å²) in [5.74, 6) is 0. The Morgan fingerprint density at radius 2 is 1.94 bits per heavy atom. The van der Waals surface area contributed by atoms with Crippen molar-refractivity contribution in [2.75, 3.05) is 19.8 Å². The minimum atomic E-state index is -3.49. The highest BCUT2D eigenvalue weighted by Gasteiger charge is 2.18. The number of hydrogen-bond acceptors (Lipinski definition) is 5. The number of hydrogen-bond donors (Lipinski definition) is 1. The van der Waals surface area contributed by atoms with Crippen LogP contribution in [-0.2, 0) is 19.5 Å². The third kappa shape index (κ3) is 4.94. The molecule has 1 rings (SSSR count). The van der Waals surface area contributed by atoms with Crippen molar-refractivity contribution in [3.63, 3.8) is 0 Å². The van der Waals surface area contributed by atoms with Gasteiger partial charge in [0.25, 0.3) is 0 Å². The molecular weight excluding hydrogens is 342 g/mol. The van der Waals surface area contributed by atoms with Crippen LogP contribution in [0.1, 0.15) is 13.8 Å². The highest BCUT2D eigenvalue weighted by molar-refractivity contribution is 9.11. The Morgan fingerprint density at radius 3 is 2.39 bits per heavy atom. The Hall–Kier alpha value is 0.01000. The van der Waals surface area contributed by atoms with Crippen LogP contribution in [0.3, 0.4) is 0 Å². The van der Waals surface area contributed by atoms with Crippen molar-refractivity contribution in [3.05, 3.63) is 15.9 Å². The molecule has 0 amide bonds. The van der Waals surface area contributed by atoms with Crippen molar-refractivity contribution in [1.29, 1.82) is 0 Å². The normalized spacial score (nSPS) is 12.2. The van der Waals surface area contributed by atoms with Gasteiger partial charge in [0.05, 0.1) is 10.3 Å². The van der Waals surface area contributed by atoms with Crippen molar-refractivity contribution in [2.24, 2.45) is 0 Å². The third-order valence-electron chi connectivity index (χ3n) is 1.96. The van der Waals surface area contributed by atoms with Crippen molar-refractivity contribution in [3.8, 4) is 0 Å². The van der Waals surface area contributed by atoms with E-state index in [0.717, 1.165) is 15.1 Å². The molecule has 0 radical (unpaired) electrons. The Balaban J connectivity index is 2.60. The minimum absolute atomic E-state index is 0.0968. The van der Waals surface area contributed by atoms with Crippen LogP contribution in [0.5, 0.6) is 0 Å². The van der Waals surface area contributed by atoms with Crippen molar-refractivity contribution < 1.29 is 17.9 Å². The molecule has 0 saturated carbocycles. The van der Waals surface area contributed by atoms with Crippen LogP contribution in [0.15, 0.2) is 20.1 Å². The van der Waals surface area contributed by atoms with E-state index < -0.39 is 16.3 Å². The quantitative estimate of drug-likeness (QED) is 0.724. The molecule has 1 aromatic rings. The number of sulfonamides is 1. The van der Waals surface area contributed by atoms with Gasteiger partial charge in [-0.25, -0.2) is 13.1 Å². The van der Waals surface area contributed by atoms with Crippen LogP contribution in [0, 0.1) is 0 Å². The largest absolute Gasteiger partial charge is 0.352 e. The van der Waals surface area contributed by atoms with Gasteiger partial charge in [-0.2, -0.15) is 0 Å². The number of halogens is 1. The van der Waals surface area contributed by atoms with Crippen LogP contribution in [-0.4, -0.2) is 34.5 Å². The highest BCUT2D eigenvalue weighted by atomic mass is 79.9. The molecule has 0 atom stereocenters. The Bertz CT molecular complexity index is 454. The molecule has 1 heterocycles. The SMILES string of the molecule is CCOC(CNS(=O)(=O)c1ccc(Br)s1)OCC. The van der Waals surface area contributed by atoms with Gasteiger partial charge in [-0.1, -0.05) is 0 Å². The zero-order valence-electron chi connectivity index (χ0n) is 10.2. The minimum Gasteiger partial charge on any atom is -0.352 e. The van der Waals surface area contributed by atoms with Crippen LogP contribution in [0.25, 0.3) is 0 Å². The van der Waals surface area contributed by atoms with E-state index in [9.17, 15) is 8.42 Å². The van der Waals surface area contributed by atoms with Crippen LogP contribution < -0.4 is 4.72 Å². The molecule has 104 valence electrons. The van der Waals surface area contributed by atoms with Gasteiger partial charge in [-0.05, 0) is 41.9 Å². The summed E-state index contributed by atoms with van der Waals surface area (Å²) in [5, 5.41) is 0. The lowest BCUT2D eigenvalue weighted by molar-refractivity contribution is -0.130. The Labute approximate surface area is 120 Å². The lowest BCUT2D eigenvalue weighted by atomic mass is 10.6. The van der Waals surface area contributed by atoms with Gasteiger partial charge in [0, 0.05) is 13.2 Å². The molecule has 0 aliphatic rings. The maximum atomic E-state index is 11.9. The fraction of sp³-hybridized carbons (Fsp3) is 0.600. The molecule has 0 spiro atoms. The summed E-state index contributed by atoms with van der Waals surface area (Å²) < 4.78 is 37.9. The number of nitrogens with one attached hydrogen (secondary N) is 1. The first-order valence-electron chi connectivity index (χ1n) is 5.47. The summed E-state index contributed by atoms with van der Waals surface area (Å²) in [6, 6.07) is 3.25. The van der Waals surface area contributed by atoms with E-state index in [2.05, 4.69) is 20.7 Å². The monoisotopic (exact) mass is 357 g/mol. The molecule has 1 aromatic heterocycles. The molecule has 8 heteroatoms. The molecule has 0 unspecified atom stereocenters. The first-order chi connectivity index (χ1) is 8.49. The molecule has 5 nitrogen and oxygen atoms in total. The summed E-state index contributed by atoms with van der Waals surface area (Å²) in [6.07, 6.45) is -0.557. The predicted octanol–water partition coefficient (Wildman–Crippen LogP) is 2.19. The first-order valence-corrected chi connectivity index (χ1v) is 8.57. The van der Waals surface area contributed by atoms with Gasteiger partial charge in [-0.15, -0.1) is 11.3 Å². The molecule has 18 heavy (non-hydrogen) atoms. The summed E-state index contributed by atoms with van der Waals surface area (Å²) in [4.78, 5) is 0. The second-order valence-electron chi connectivity index (χ2n) is 3.25. The van der Waals surface area contributed by atoms with E-state index in [1.165, 1.54) is 0 Å². The molecule has 0 aliphatic carbocycles. The van der Waals surface area contributed by atoms with E-state index in [1.807, 2.05) is 13.8 Å². The van der Waals surface area contributed by atoms with Crippen molar-refractivity contribution in [2.45, 2.75) is 24.3 Å². The predicted molar refractivity (Wildman–Crippen MR) is 74.2 cm³/mol. The third-order valence-corrected chi connectivity index (χ3v) is 5.50. The van der Waals surface area contributed by atoms with Gasteiger partial charge >= 0.3 is 0 Å². The van der Waals surface area contributed by atoms with E-state index in [-0.39, 0.29) is 10.8 Å². The Morgan fingerprint density at radius 1 is 1.33 bits per heavy atom. The Kier molecular flexibility index (Phi) is 6.75. The number of ether oxygens (including phenoxy) is 2. The van der Waals surface area contributed by atoms with Crippen molar-refractivity contribution >= 4 is 37.3 Å². The van der Waals surface area contributed by atoms with Gasteiger partial charge in [-0.3, -0.25) is 0 Å². The van der Waals surface area contributed by atoms with E-state index in [1.54, 1.807) is 12.1 Å². The highest BCUT2D eigenvalue weighted by Crippen LogP contribution is 2.25. The summed E-state index contributed by atoms with van der Waals surface area (Å²) >= 11 is 4.39. The van der Waals surface area contributed by atoms with Gasteiger partial charge in [0.2, 0.25) is 10.0 Å². The molecule has 0 bridgehead atoms. The maximum absolute atomic E-state index is 11.9. The average Bonchev–Trinajstić information content (AvgIpc) is 2.74. The lowest BCUT2D eigenvalue weighted by Gasteiger charge is -2.17. The standard InChI is InChI=1S/C10H16BrNO4S2/c1-3-15-9(16-4-2)7-12-18(13,14)10-6-5-8(11)17-10/h5-6,9,12H,3-4,7H2,1-2H3. The second-order valence-corrected chi connectivity index (χ2v) is 7.71. The summed E-state index contributed by atoms with van der Waals surface area (Å²) in [6.45, 7) is 4.70. The second kappa shape index (κ2) is 7.56. The van der Waals surface area contributed by atoms with Gasteiger partial charge < -0.3 is 9.47 Å². The summed E-state index contributed by atoms with van der Waals surface area (Å²) in [5.41, 5.74) is 0. The van der Waals surface area contributed by atoms with E-state index >= 15 is 0 Å². The van der Waals surface area contributed by atoms with Crippen LogP contribution >= 0.6 is 27.3 Å². The zero-order chi connectivity index (χ0) is 13.6. The lowest BCUT2D eigenvalue weighted by Crippen LogP contribution is -2.35. The topological polar surface area (TPSA) is 64.6 Å².